The zero-order chi connectivity index (χ0) is 13.2. The Morgan fingerprint density at radius 3 is 2.89 bits per heavy atom. The van der Waals surface area contributed by atoms with Gasteiger partial charge in [-0.05, 0) is 65.4 Å². The van der Waals surface area contributed by atoms with Crippen molar-refractivity contribution < 1.29 is 0 Å². The number of nitrogens with two attached hydrogens (primary N) is 1. The van der Waals surface area contributed by atoms with Crippen molar-refractivity contribution in [2.24, 2.45) is 11.7 Å². The molecule has 0 aliphatic heterocycles. The second-order valence-corrected chi connectivity index (χ2v) is 5.79. The maximum Gasteiger partial charge on any atom is 0.178 e. The number of aromatic nitrogens is 3. The fourth-order valence-corrected chi connectivity index (χ4v) is 2.65. The van der Waals surface area contributed by atoms with Crippen LogP contribution in [0.2, 0.25) is 0 Å². The lowest BCUT2D eigenvalue weighted by atomic mass is 9.87. The smallest absolute Gasteiger partial charge is 0.178 e. The molecule has 98 valence electrons. The lowest BCUT2D eigenvalue weighted by Crippen LogP contribution is -2.23. The standard InChI is InChI=1S/C14H15BrN4/c15-11-2-4-13(17-8-11)14-18-7-10-5-9(6-16)1-3-12(10)19-14/h2,4,7-9H,1,3,5-6,16H2. The van der Waals surface area contributed by atoms with Crippen molar-refractivity contribution >= 4 is 15.9 Å². The number of pyridine rings is 1. The largest absolute Gasteiger partial charge is 0.330 e. The van der Waals surface area contributed by atoms with E-state index in [4.69, 9.17) is 5.73 Å². The number of nitrogens with zero attached hydrogens (tertiary/aromatic N) is 3. The molecular formula is C14H15BrN4. The van der Waals surface area contributed by atoms with Crippen LogP contribution >= 0.6 is 15.9 Å². The van der Waals surface area contributed by atoms with E-state index in [1.165, 1.54) is 5.56 Å². The highest BCUT2D eigenvalue weighted by Crippen LogP contribution is 2.25. The van der Waals surface area contributed by atoms with Gasteiger partial charge >= 0.3 is 0 Å². The molecule has 0 spiro atoms. The summed E-state index contributed by atoms with van der Waals surface area (Å²) < 4.78 is 0.958. The van der Waals surface area contributed by atoms with E-state index in [0.717, 1.165) is 41.7 Å². The third-order valence-electron chi connectivity index (χ3n) is 3.54. The predicted octanol–water partition coefficient (Wildman–Crippen LogP) is 2.36. The van der Waals surface area contributed by atoms with Crippen LogP contribution in [0, 0.1) is 5.92 Å². The molecular weight excluding hydrogens is 304 g/mol. The minimum Gasteiger partial charge on any atom is -0.330 e. The van der Waals surface area contributed by atoms with Gasteiger partial charge in [0, 0.05) is 22.6 Å². The van der Waals surface area contributed by atoms with Crippen LogP contribution in [0.1, 0.15) is 17.7 Å². The molecule has 2 N–H and O–H groups in total. The van der Waals surface area contributed by atoms with E-state index >= 15 is 0 Å². The molecule has 19 heavy (non-hydrogen) atoms. The minimum absolute atomic E-state index is 0.577. The Balaban J connectivity index is 1.92. The molecule has 0 radical (unpaired) electrons. The van der Waals surface area contributed by atoms with Gasteiger partial charge in [-0.2, -0.15) is 0 Å². The Hall–Kier alpha value is -1.33. The van der Waals surface area contributed by atoms with E-state index < -0.39 is 0 Å². The van der Waals surface area contributed by atoms with Crippen molar-refractivity contribution in [2.75, 3.05) is 6.54 Å². The third kappa shape index (κ3) is 2.67. The highest BCUT2D eigenvalue weighted by Gasteiger charge is 2.19. The second-order valence-electron chi connectivity index (χ2n) is 4.87. The molecule has 0 fully saturated rings. The molecule has 2 aromatic rings. The van der Waals surface area contributed by atoms with Crippen LogP contribution < -0.4 is 5.73 Å². The van der Waals surface area contributed by atoms with Crippen LogP contribution in [0.25, 0.3) is 11.5 Å². The lowest BCUT2D eigenvalue weighted by Gasteiger charge is -2.22. The highest BCUT2D eigenvalue weighted by molar-refractivity contribution is 9.10. The molecule has 3 rings (SSSR count). The van der Waals surface area contributed by atoms with Crippen LogP contribution in [0.4, 0.5) is 0 Å². The summed E-state index contributed by atoms with van der Waals surface area (Å²) >= 11 is 3.38. The Labute approximate surface area is 120 Å². The van der Waals surface area contributed by atoms with E-state index in [0.29, 0.717) is 11.7 Å². The van der Waals surface area contributed by atoms with Gasteiger partial charge < -0.3 is 5.73 Å². The first kappa shape index (κ1) is 12.7. The maximum atomic E-state index is 5.74. The van der Waals surface area contributed by atoms with Gasteiger partial charge in [0.05, 0.1) is 0 Å². The van der Waals surface area contributed by atoms with Gasteiger partial charge in [0.25, 0.3) is 0 Å². The van der Waals surface area contributed by atoms with Crippen LogP contribution in [-0.2, 0) is 12.8 Å². The summed E-state index contributed by atoms with van der Waals surface area (Å²) in [5.74, 6) is 1.28. The van der Waals surface area contributed by atoms with Gasteiger partial charge in [-0.15, -0.1) is 0 Å². The Kier molecular flexibility index (Phi) is 3.57. The molecule has 0 amide bonds. The first-order valence-electron chi connectivity index (χ1n) is 6.43. The molecule has 2 aromatic heterocycles. The predicted molar refractivity (Wildman–Crippen MR) is 77.5 cm³/mol. The van der Waals surface area contributed by atoms with Crippen molar-refractivity contribution in [2.45, 2.75) is 19.3 Å². The molecule has 2 heterocycles. The van der Waals surface area contributed by atoms with Crippen LogP contribution in [0.15, 0.2) is 29.0 Å². The maximum absolute atomic E-state index is 5.74. The Bertz CT molecular complexity index is 582. The Morgan fingerprint density at radius 2 is 2.16 bits per heavy atom. The molecule has 1 aliphatic carbocycles. The van der Waals surface area contributed by atoms with E-state index in [1.54, 1.807) is 6.20 Å². The van der Waals surface area contributed by atoms with Crippen LogP contribution in [-0.4, -0.2) is 21.5 Å². The topological polar surface area (TPSA) is 64.7 Å². The highest BCUT2D eigenvalue weighted by atomic mass is 79.9. The quantitative estimate of drug-likeness (QED) is 0.923. The van der Waals surface area contributed by atoms with Gasteiger partial charge in [0.1, 0.15) is 5.69 Å². The van der Waals surface area contributed by atoms with E-state index in [9.17, 15) is 0 Å². The van der Waals surface area contributed by atoms with Gasteiger partial charge in [-0.25, -0.2) is 9.97 Å². The fraction of sp³-hybridized carbons (Fsp3) is 0.357. The summed E-state index contributed by atoms with van der Waals surface area (Å²) in [5, 5.41) is 0. The second kappa shape index (κ2) is 5.35. The lowest BCUT2D eigenvalue weighted by molar-refractivity contribution is 0.462. The van der Waals surface area contributed by atoms with Gasteiger partial charge in [0.15, 0.2) is 5.82 Å². The molecule has 1 unspecified atom stereocenters. The van der Waals surface area contributed by atoms with Crippen molar-refractivity contribution in [1.29, 1.82) is 0 Å². The minimum atomic E-state index is 0.577. The molecule has 0 aromatic carbocycles. The zero-order valence-electron chi connectivity index (χ0n) is 10.5. The summed E-state index contributed by atoms with van der Waals surface area (Å²) in [4.78, 5) is 13.4. The van der Waals surface area contributed by atoms with Gasteiger partial charge in [-0.3, -0.25) is 4.98 Å². The zero-order valence-corrected chi connectivity index (χ0v) is 12.1. The van der Waals surface area contributed by atoms with Crippen molar-refractivity contribution in [3.63, 3.8) is 0 Å². The number of hydrogen-bond acceptors (Lipinski definition) is 4. The van der Waals surface area contributed by atoms with E-state index in [1.807, 2.05) is 18.3 Å². The normalized spacial score (nSPS) is 18.1. The molecule has 0 saturated carbocycles. The van der Waals surface area contributed by atoms with Gasteiger partial charge in [-0.1, -0.05) is 0 Å². The summed E-state index contributed by atoms with van der Waals surface area (Å²) in [6.45, 7) is 0.745. The van der Waals surface area contributed by atoms with Crippen molar-refractivity contribution in [3.05, 3.63) is 40.3 Å². The molecule has 0 bridgehead atoms. The molecule has 0 saturated heterocycles. The summed E-state index contributed by atoms with van der Waals surface area (Å²) in [6, 6.07) is 3.88. The first-order valence-corrected chi connectivity index (χ1v) is 7.22. The van der Waals surface area contributed by atoms with Gasteiger partial charge in [0.2, 0.25) is 0 Å². The molecule has 1 atom stereocenters. The monoisotopic (exact) mass is 318 g/mol. The molecule has 4 nitrogen and oxygen atoms in total. The molecule has 1 aliphatic rings. The number of hydrogen-bond donors (Lipinski definition) is 1. The summed E-state index contributed by atoms with van der Waals surface area (Å²) in [6.07, 6.45) is 6.81. The first-order chi connectivity index (χ1) is 9.26. The summed E-state index contributed by atoms with van der Waals surface area (Å²) in [5.41, 5.74) is 8.94. The van der Waals surface area contributed by atoms with E-state index in [2.05, 4.69) is 30.9 Å². The van der Waals surface area contributed by atoms with Crippen molar-refractivity contribution in [3.8, 4) is 11.5 Å². The third-order valence-corrected chi connectivity index (χ3v) is 4.01. The van der Waals surface area contributed by atoms with Crippen molar-refractivity contribution in [1.82, 2.24) is 15.0 Å². The number of aryl methyl sites for hydroxylation is 1. The average Bonchev–Trinajstić information content (AvgIpc) is 2.47. The van der Waals surface area contributed by atoms with E-state index in [-0.39, 0.29) is 0 Å². The summed E-state index contributed by atoms with van der Waals surface area (Å²) in [7, 11) is 0. The number of halogens is 1. The number of fused-ring (bicyclic) bond motifs is 1. The molecule has 5 heteroatoms. The average molecular weight is 319 g/mol. The van der Waals surface area contributed by atoms with Crippen LogP contribution in [0.3, 0.4) is 0 Å². The van der Waals surface area contributed by atoms with Crippen LogP contribution in [0.5, 0.6) is 0 Å². The number of rotatable bonds is 2. The fourth-order valence-electron chi connectivity index (χ4n) is 2.42. The Morgan fingerprint density at radius 1 is 1.26 bits per heavy atom. The SMILES string of the molecule is NCC1CCc2nc(-c3ccc(Br)cn3)ncc2C1.